The van der Waals surface area contributed by atoms with Gasteiger partial charge >= 0.3 is 5.97 Å². The van der Waals surface area contributed by atoms with Crippen LogP contribution < -0.4 is 4.90 Å². The van der Waals surface area contributed by atoms with Crippen molar-refractivity contribution >= 4 is 34.3 Å². The molecule has 0 amide bonds. The average molecular weight is 395 g/mol. The third-order valence-electron chi connectivity index (χ3n) is 4.49. The van der Waals surface area contributed by atoms with Gasteiger partial charge < -0.3 is 14.6 Å². The maximum Gasteiger partial charge on any atom is 0.336 e. The van der Waals surface area contributed by atoms with Gasteiger partial charge in [-0.3, -0.25) is 4.90 Å². The summed E-state index contributed by atoms with van der Waals surface area (Å²) in [6.07, 6.45) is 0. The van der Waals surface area contributed by atoms with Crippen LogP contribution in [0.3, 0.4) is 0 Å². The molecule has 2 atom stereocenters. The van der Waals surface area contributed by atoms with Crippen molar-refractivity contribution in [2.75, 3.05) is 31.1 Å². The fraction of sp³-hybridized carbons (Fsp3) is 0.278. The van der Waals surface area contributed by atoms with E-state index in [1.165, 1.54) is 6.07 Å². The number of rotatable bonds is 5. The molecule has 1 saturated heterocycles. The normalized spacial score (nSPS) is 17.7. The lowest BCUT2D eigenvalue weighted by molar-refractivity contribution is 0.0694. The number of anilines is 1. The Balaban J connectivity index is 1.78. The van der Waals surface area contributed by atoms with Crippen LogP contribution >= 0.6 is 11.6 Å². The van der Waals surface area contributed by atoms with Gasteiger partial charge in [0.1, 0.15) is 5.37 Å². The highest BCUT2D eigenvalue weighted by Gasteiger charge is 2.31. The lowest BCUT2D eigenvalue weighted by atomic mass is 10.1. The highest BCUT2D eigenvalue weighted by molar-refractivity contribution is 7.79. The molecule has 0 saturated carbocycles. The van der Waals surface area contributed by atoms with Gasteiger partial charge in [0.2, 0.25) is 0 Å². The largest absolute Gasteiger partial charge is 0.478 e. The van der Waals surface area contributed by atoms with E-state index >= 15 is 0 Å². The van der Waals surface area contributed by atoms with Crippen molar-refractivity contribution in [1.29, 1.82) is 0 Å². The Morgan fingerprint density at radius 1 is 1.04 bits per heavy atom. The monoisotopic (exact) mass is 394 g/mol. The van der Waals surface area contributed by atoms with E-state index in [1.807, 2.05) is 29.2 Å². The molecule has 0 radical (unpaired) electrons. The van der Waals surface area contributed by atoms with E-state index in [9.17, 15) is 18.7 Å². The lowest BCUT2D eigenvalue weighted by Gasteiger charge is -2.39. The van der Waals surface area contributed by atoms with Crippen molar-refractivity contribution < 1.29 is 18.7 Å². The molecule has 2 aromatic carbocycles. The van der Waals surface area contributed by atoms with Crippen LogP contribution in [-0.2, 0) is 11.1 Å². The summed E-state index contributed by atoms with van der Waals surface area (Å²) in [5.41, 5.74) is 1.46. The van der Waals surface area contributed by atoms with Gasteiger partial charge in [-0.25, -0.2) is 9.00 Å². The molecule has 26 heavy (non-hydrogen) atoms. The van der Waals surface area contributed by atoms with Crippen LogP contribution in [0.25, 0.3) is 0 Å². The second kappa shape index (κ2) is 8.18. The summed E-state index contributed by atoms with van der Waals surface area (Å²) >= 11 is 3.71. The zero-order chi connectivity index (χ0) is 18.7. The SMILES string of the molecule is O=C(O)c1ccccc1C(N1CCN(c2ccc(Cl)cc2)CC1)S(=O)O. The molecule has 0 aliphatic carbocycles. The molecular formula is C18H19ClN2O4S. The Hall–Kier alpha value is -1.93. The van der Waals surface area contributed by atoms with Crippen molar-refractivity contribution in [3.05, 3.63) is 64.7 Å². The molecule has 2 N–H and O–H groups in total. The summed E-state index contributed by atoms with van der Waals surface area (Å²) in [5, 5.41) is 9.20. The number of hydrogen-bond donors (Lipinski definition) is 2. The summed E-state index contributed by atoms with van der Waals surface area (Å²) in [7, 11) is 0. The van der Waals surface area contributed by atoms with Gasteiger partial charge in [0.15, 0.2) is 11.1 Å². The highest BCUT2D eigenvalue weighted by Crippen LogP contribution is 2.29. The minimum Gasteiger partial charge on any atom is -0.478 e. The molecule has 1 heterocycles. The number of hydrogen-bond acceptors (Lipinski definition) is 4. The van der Waals surface area contributed by atoms with Crippen molar-refractivity contribution in [3.8, 4) is 0 Å². The molecule has 1 aliphatic rings. The molecule has 6 nitrogen and oxygen atoms in total. The van der Waals surface area contributed by atoms with Crippen molar-refractivity contribution in [1.82, 2.24) is 4.90 Å². The minimum absolute atomic E-state index is 0.0556. The zero-order valence-corrected chi connectivity index (χ0v) is 15.5. The van der Waals surface area contributed by atoms with E-state index in [2.05, 4.69) is 4.90 Å². The van der Waals surface area contributed by atoms with Crippen LogP contribution in [0.5, 0.6) is 0 Å². The van der Waals surface area contributed by atoms with E-state index < -0.39 is 22.4 Å². The van der Waals surface area contributed by atoms with Gasteiger partial charge in [-0.05, 0) is 35.9 Å². The standard InChI is InChI=1S/C18H19ClN2O4S/c19-13-5-7-14(8-6-13)20-9-11-21(12-10-20)17(26(24)25)15-3-1-2-4-16(15)18(22)23/h1-8,17H,9-12H2,(H,22,23)(H,24,25). The second-order valence-electron chi connectivity index (χ2n) is 6.02. The first-order valence-electron chi connectivity index (χ1n) is 8.14. The van der Waals surface area contributed by atoms with E-state index in [0.29, 0.717) is 36.8 Å². The fourth-order valence-corrected chi connectivity index (χ4v) is 4.22. The Bertz CT molecular complexity index is 807. The van der Waals surface area contributed by atoms with Gasteiger partial charge in [-0.15, -0.1) is 0 Å². The third-order valence-corrected chi connectivity index (χ3v) is 5.67. The Kier molecular flexibility index (Phi) is 5.93. The molecule has 2 unspecified atom stereocenters. The van der Waals surface area contributed by atoms with Crippen molar-refractivity contribution in [2.24, 2.45) is 0 Å². The molecular weight excluding hydrogens is 376 g/mol. The molecule has 138 valence electrons. The van der Waals surface area contributed by atoms with Crippen LogP contribution in [0.4, 0.5) is 5.69 Å². The predicted molar refractivity (Wildman–Crippen MR) is 102 cm³/mol. The van der Waals surface area contributed by atoms with E-state index in [1.54, 1.807) is 18.2 Å². The molecule has 0 spiro atoms. The maximum absolute atomic E-state index is 12.0. The number of carbonyl (C=O) groups is 1. The Labute approximate surface area is 159 Å². The van der Waals surface area contributed by atoms with Gasteiger partial charge in [0.05, 0.1) is 5.56 Å². The van der Waals surface area contributed by atoms with Crippen LogP contribution in [0, 0.1) is 0 Å². The first-order chi connectivity index (χ1) is 12.5. The summed E-state index contributed by atoms with van der Waals surface area (Å²) in [6, 6.07) is 13.9. The topological polar surface area (TPSA) is 81.1 Å². The zero-order valence-electron chi connectivity index (χ0n) is 13.9. The number of piperazine rings is 1. The van der Waals surface area contributed by atoms with Gasteiger partial charge in [-0.2, -0.15) is 0 Å². The van der Waals surface area contributed by atoms with Crippen molar-refractivity contribution in [3.63, 3.8) is 0 Å². The maximum atomic E-state index is 12.0. The van der Waals surface area contributed by atoms with E-state index in [4.69, 9.17) is 11.6 Å². The fourth-order valence-electron chi connectivity index (χ4n) is 3.21. The van der Waals surface area contributed by atoms with Crippen molar-refractivity contribution in [2.45, 2.75) is 5.37 Å². The quantitative estimate of drug-likeness (QED) is 0.758. The molecule has 8 heteroatoms. The lowest BCUT2D eigenvalue weighted by Crippen LogP contribution is -2.48. The van der Waals surface area contributed by atoms with Crippen LogP contribution in [0.2, 0.25) is 5.02 Å². The number of benzene rings is 2. The van der Waals surface area contributed by atoms with E-state index in [0.717, 1.165) is 5.69 Å². The molecule has 1 fully saturated rings. The Morgan fingerprint density at radius 3 is 2.23 bits per heavy atom. The number of halogens is 1. The summed E-state index contributed by atoms with van der Waals surface area (Å²) in [5.74, 6) is -1.10. The summed E-state index contributed by atoms with van der Waals surface area (Å²) < 4.78 is 21.9. The molecule has 3 rings (SSSR count). The van der Waals surface area contributed by atoms with Gasteiger partial charge in [0.25, 0.3) is 0 Å². The first-order valence-corrected chi connectivity index (χ1v) is 9.68. The van der Waals surface area contributed by atoms with Crippen LogP contribution in [-0.4, -0.2) is 50.9 Å². The van der Waals surface area contributed by atoms with Gasteiger partial charge in [-0.1, -0.05) is 29.8 Å². The molecule has 2 aromatic rings. The summed E-state index contributed by atoms with van der Waals surface area (Å²) in [6.45, 7) is 2.44. The van der Waals surface area contributed by atoms with Crippen LogP contribution in [0.1, 0.15) is 21.3 Å². The number of carboxylic acid groups (broad SMARTS) is 1. The molecule has 0 aromatic heterocycles. The molecule has 0 bridgehead atoms. The van der Waals surface area contributed by atoms with E-state index in [-0.39, 0.29) is 5.56 Å². The van der Waals surface area contributed by atoms with Crippen LogP contribution in [0.15, 0.2) is 48.5 Å². The predicted octanol–water partition coefficient (Wildman–Crippen LogP) is 3.08. The smallest absolute Gasteiger partial charge is 0.336 e. The first kappa shape index (κ1) is 18.8. The average Bonchev–Trinajstić information content (AvgIpc) is 2.63. The number of nitrogens with zero attached hydrogens (tertiary/aromatic N) is 2. The third kappa shape index (κ3) is 4.07. The molecule has 1 aliphatic heterocycles. The van der Waals surface area contributed by atoms with Gasteiger partial charge in [0, 0.05) is 36.9 Å². The number of aromatic carboxylic acids is 1. The minimum atomic E-state index is -2.21. The number of carboxylic acids is 1. The summed E-state index contributed by atoms with van der Waals surface area (Å²) in [4.78, 5) is 15.5. The second-order valence-corrected chi connectivity index (χ2v) is 7.46. The highest BCUT2D eigenvalue weighted by atomic mass is 35.5. The Morgan fingerprint density at radius 2 is 1.65 bits per heavy atom.